The lowest BCUT2D eigenvalue weighted by molar-refractivity contribution is 0.474. The summed E-state index contributed by atoms with van der Waals surface area (Å²) in [5.41, 5.74) is 4.31. The third kappa shape index (κ3) is 3.52. The number of hydrazone groups is 1. The number of halogens is 2. The fourth-order valence-corrected chi connectivity index (χ4v) is 1.82. The molecule has 0 saturated carbocycles. The molecule has 94 valence electrons. The van der Waals surface area contributed by atoms with Crippen molar-refractivity contribution in [3.05, 3.63) is 52.7 Å². The first kappa shape index (κ1) is 13.0. The summed E-state index contributed by atoms with van der Waals surface area (Å²) in [5, 5.41) is 14.2. The zero-order valence-electron chi connectivity index (χ0n) is 9.48. The van der Waals surface area contributed by atoms with Crippen LogP contribution in [0.15, 0.2) is 47.2 Å². The van der Waals surface area contributed by atoms with Crippen LogP contribution in [0.4, 0.5) is 0 Å². The van der Waals surface area contributed by atoms with E-state index < -0.39 is 0 Å². The molecule has 0 radical (unpaired) electrons. The summed E-state index contributed by atoms with van der Waals surface area (Å²) < 4.78 is 0. The summed E-state index contributed by atoms with van der Waals surface area (Å²) in [6.07, 6.45) is 8.03. The first-order valence-corrected chi connectivity index (χ1v) is 6.26. The highest BCUT2D eigenvalue weighted by atomic mass is 35.5. The summed E-state index contributed by atoms with van der Waals surface area (Å²) in [6.45, 7) is 0. The first-order chi connectivity index (χ1) is 8.65. The van der Waals surface area contributed by atoms with Gasteiger partial charge < -0.3 is 5.11 Å². The average molecular weight is 283 g/mol. The van der Waals surface area contributed by atoms with Gasteiger partial charge in [-0.2, -0.15) is 5.10 Å². The number of hydrogen-bond donors (Lipinski definition) is 2. The highest BCUT2D eigenvalue weighted by molar-refractivity contribution is 6.30. The molecule has 1 aromatic rings. The van der Waals surface area contributed by atoms with Gasteiger partial charge >= 0.3 is 0 Å². The standard InChI is InChI=1S/C13H12Cl2N2O/c14-10-1-4-12(5-2-10)17-16-8-9-7-11(15)3-6-13(9)18/h1,3-8,10,17-18H,2H2/b16-8+. The second kappa shape index (κ2) is 5.94. The van der Waals surface area contributed by atoms with Crippen molar-refractivity contribution in [2.45, 2.75) is 11.8 Å². The molecule has 1 aliphatic rings. The van der Waals surface area contributed by atoms with Gasteiger partial charge in [0, 0.05) is 10.6 Å². The second-order valence-corrected chi connectivity index (χ2v) is 4.84. The van der Waals surface area contributed by atoms with Crippen molar-refractivity contribution < 1.29 is 5.11 Å². The molecule has 5 heteroatoms. The Morgan fingerprint density at radius 1 is 1.44 bits per heavy atom. The molecular formula is C13H12Cl2N2O. The van der Waals surface area contributed by atoms with Crippen LogP contribution in [0.1, 0.15) is 12.0 Å². The number of rotatable bonds is 3. The summed E-state index contributed by atoms with van der Waals surface area (Å²) in [4.78, 5) is 0. The van der Waals surface area contributed by atoms with Crippen LogP contribution in [0.2, 0.25) is 5.02 Å². The van der Waals surface area contributed by atoms with Crippen LogP contribution < -0.4 is 5.43 Å². The summed E-state index contributed by atoms with van der Waals surface area (Å²) >= 11 is 11.7. The minimum atomic E-state index is 0.0523. The molecule has 1 atom stereocenters. The second-order valence-electron chi connectivity index (χ2n) is 3.84. The molecule has 0 fully saturated rings. The fourth-order valence-electron chi connectivity index (χ4n) is 1.48. The monoisotopic (exact) mass is 282 g/mol. The molecular weight excluding hydrogens is 271 g/mol. The maximum absolute atomic E-state index is 9.58. The van der Waals surface area contributed by atoms with Gasteiger partial charge in [0.25, 0.3) is 0 Å². The third-order valence-corrected chi connectivity index (χ3v) is 2.99. The van der Waals surface area contributed by atoms with Crippen LogP contribution in [-0.2, 0) is 0 Å². The first-order valence-electron chi connectivity index (χ1n) is 5.45. The Balaban J connectivity index is 2.00. The number of phenolic OH excluding ortho intramolecular Hbond substituents is 1. The number of phenols is 1. The largest absolute Gasteiger partial charge is 0.507 e. The van der Waals surface area contributed by atoms with Gasteiger partial charge in [0.15, 0.2) is 0 Å². The van der Waals surface area contributed by atoms with E-state index in [1.165, 1.54) is 12.3 Å². The van der Waals surface area contributed by atoms with Crippen molar-refractivity contribution in [1.29, 1.82) is 0 Å². The molecule has 0 saturated heterocycles. The van der Waals surface area contributed by atoms with Crippen LogP contribution in [0.3, 0.4) is 0 Å². The molecule has 0 aromatic heterocycles. The molecule has 2 rings (SSSR count). The molecule has 0 heterocycles. The predicted octanol–water partition coefficient (Wildman–Crippen LogP) is 3.42. The average Bonchev–Trinajstić information content (AvgIpc) is 2.36. The van der Waals surface area contributed by atoms with Gasteiger partial charge in [-0.1, -0.05) is 23.8 Å². The molecule has 2 N–H and O–H groups in total. The van der Waals surface area contributed by atoms with Gasteiger partial charge in [-0.05, 0) is 30.7 Å². The van der Waals surface area contributed by atoms with Crippen LogP contribution in [0, 0.1) is 0 Å². The Hall–Kier alpha value is -1.45. The molecule has 0 aliphatic heterocycles. The zero-order valence-corrected chi connectivity index (χ0v) is 11.0. The SMILES string of the molecule is Oc1ccc(Cl)cc1/C=N/NC1=CCC(Cl)C=C1. The molecule has 0 amide bonds. The smallest absolute Gasteiger partial charge is 0.124 e. The molecule has 3 nitrogen and oxygen atoms in total. The highest BCUT2D eigenvalue weighted by Crippen LogP contribution is 2.19. The van der Waals surface area contributed by atoms with Crippen molar-refractivity contribution in [2.24, 2.45) is 5.10 Å². The maximum Gasteiger partial charge on any atom is 0.124 e. The molecule has 1 aromatic carbocycles. The lowest BCUT2D eigenvalue weighted by atomic mass is 10.1. The molecule has 1 unspecified atom stereocenters. The van der Waals surface area contributed by atoms with E-state index in [1.807, 2.05) is 18.2 Å². The Kier molecular flexibility index (Phi) is 4.28. The van der Waals surface area contributed by atoms with Gasteiger partial charge in [-0.25, -0.2) is 0 Å². The van der Waals surface area contributed by atoms with E-state index in [0.29, 0.717) is 10.6 Å². The normalized spacial score (nSPS) is 19.0. The number of benzene rings is 1. The van der Waals surface area contributed by atoms with E-state index in [2.05, 4.69) is 10.5 Å². The predicted molar refractivity (Wildman–Crippen MR) is 75.3 cm³/mol. The van der Waals surface area contributed by atoms with E-state index in [1.54, 1.807) is 12.1 Å². The molecule has 0 bridgehead atoms. The number of aromatic hydroxyl groups is 1. The minimum absolute atomic E-state index is 0.0523. The summed E-state index contributed by atoms with van der Waals surface area (Å²) in [5.74, 6) is 0.138. The van der Waals surface area contributed by atoms with Gasteiger partial charge in [0.2, 0.25) is 0 Å². The van der Waals surface area contributed by atoms with Crippen LogP contribution in [-0.4, -0.2) is 16.7 Å². The van der Waals surface area contributed by atoms with E-state index >= 15 is 0 Å². The number of nitrogens with zero attached hydrogens (tertiary/aromatic N) is 1. The van der Waals surface area contributed by atoms with Crippen LogP contribution in [0.5, 0.6) is 5.75 Å². The van der Waals surface area contributed by atoms with Gasteiger partial charge in [0.1, 0.15) is 5.75 Å². The van der Waals surface area contributed by atoms with Crippen LogP contribution >= 0.6 is 23.2 Å². The number of allylic oxidation sites excluding steroid dienone is 3. The van der Waals surface area contributed by atoms with Gasteiger partial charge in [-0.15, -0.1) is 11.6 Å². The number of nitrogens with one attached hydrogen (secondary N) is 1. The lowest BCUT2D eigenvalue weighted by Gasteiger charge is -2.09. The van der Waals surface area contributed by atoms with Gasteiger partial charge in [-0.3, -0.25) is 5.43 Å². The number of alkyl halides is 1. The minimum Gasteiger partial charge on any atom is -0.507 e. The van der Waals surface area contributed by atoms with Crippen molar-refractivity contribution in [3.63, 3.8) is 0 Å². The Labute approximate surface area is 115 Å². The molecule has 0 spiro atoms. The van der Waals surface area contributed by atoms with Crippen molar-refractivity contribution in [1.82, 2.24) is 5.43 Å². The summed E-state index contributed by atoms with van der Waals surface area (Å²) in [7, 11) is 0. The van der Waals surface area contributed by atoms with E-state index in [-0.39, 0.29) is 11.1 Å². The third-order valence-electron chi connectivity index (χ3n) is 2.43. The van der Waals surface area contributed by atoms with E-state index in [0.717, 1.165) is 12.1 Å². The lowest BCUT2D eigenvalue weighted by Crippen LogP contribution is -2.08. The van der Waals surface area contributed by atoms with Gasteiger partial charge in [0.05, 0.1) is 17.3 Å². The summed E-state index contributed by atoms with van der Waals surface area (Å²) in [6, 6.07) is 4.79. The zero-order chi connectivity index (χ0) is 13.0. The van der Waals surface area contributed by atoms with Crippen molar-refractivity contribution >= 4 is 29.4 Å². The Morgan fingerprint density at radius 2 is 2.28 bits per heavy atom. The highest BCUT2D eigenvalue weighted by Gasteiger charge is 2.04. The Morgan fingerprint density at radius 3 is 3.00 bits per heavy atom. The van der Waals surface area contributed by atoms with E-state index in [9.17, 15) is 5.11 Å². The topological polar surface area (TPSA) is 44.6 Å². The Bertz CT molecular complexity index is 524. The quantitative estimate of drug-likeness (QED) is 0.507. The van der Waals surface area contributed by atoms with Crippen molar-refractivity contribution in [3.8, 4) is 5.75 Å². The van der Waals surface area contributed by atoms with E-state index in [4.69, 9.17) is 23.2 Å². The number of hydrogen-bond acceptors (Lipinski definition) is 3. The maximum atomic E-state index is 9.58. The fraction of sp³-hybridized carbons (Fsp3) is 0.154. The molecule has 1 aliphatic carbocycles. The van der Waals surface area contributed by atoms with Crippen molar-refractivity contribution in [2.75, 3.05) is 0 Å². The molecule has 18 heavy (non-hydrogen) atoms. The van der Waals surface area contributed by atoms with Crippen LogP contribution in [0.25, 0.3) is 0 Å².